The molecule has 0 saturated carbocycles. The Labute approximate surface area is 224 Å². The van der Waals surface area contributed by atoms with Crippen LogP contribution in [0.25, 0.3) is 10.8 Å². The highest BCUT2D eigenvalue weighted by molar-refractivity contribution is 6.03. The van der Waals surface area contributed by atoms with Crippen molar-refractivity contribution in [2.45, 2.75) is 43.9 Å². The van der Waals surface area contributed by atoms with Gasteiger partial charge in [-0.1, -0.05) is 60.7 Å². The third-order valence-electron chi connectivity index (χ3n) is 6.42. The Morgan fingerprint density at radius 2 is 1.56 bits per heavy atom. The number of amides is 2. The number of hydrogen-bond acceptors (Lipinski definition) is 6. The minimum Gasteiger partial charge on any atom is -0.330 e. The van der Waals surface area contributed by atoms with Crippen LogP contribution >= 0.6 is 0 Å². The largest absolute Gasteiger partial charge is 0.493 e. The van der Waals surface area contributed by atoms with Crippen LogP contribution < -0.4 is 16.4 Å². The zero-order valence-corrected chi connectivity index (χ0v) is 21.6. The van der Waals surface area contributed by atoms with Crippen LogP contribution in [0.5, 0.6) is 0 Å². The van der Waals surface area contributed by atoms with Gasteiger partial charge in [-0.15, -0.1) is 0 Å². The van der Waals surface area contributed by atoms with Gasteiger partial charge in [0.25, 0.3) is 11.8 Å². The summed E-state index contributed by atoms with van der Waals surface area (Å²) < 4.78 is 39.8. The molecule has 0 aromatic heterocycles. The molecule has 2 amide bonds. The molecular formula is C28H31F3N4O4. The number of benzene rings is 3. The van der Waals surface area contributed by atoms with Crippen LogP contribution in [0, 0.1) is 0 Å². The minimum atomic E-state index is -5.43. The number of likely N-dealkylation sites (N-methyl/N-ethyl adjacent to an activating group) is 1. The summed E-state index contributed by atoms with van der Waals surface area (Å²) in [4.78, 5) is 45.2. The highest BCUT2D eigenvalue weighted by atomic mass is 19.4. The number of nitrogens with two attached hydrogens (primary N) is 2. The molecular weight excluding hydrogens is 513 g/mol. The molecule has 4 N–H and O–H groups in total. The maximum Gasteiger partial charge on any atom is 0.493 e. The molecule has 2 atom stereocenters. The zero-order valence-electron chi connectivity index (χ0n) is 21.6. The molecule has 3 rings (SSSR count). The summed E-state index contributed by atoms with van der Waals surface area (Å²) in [6.07, 6.45) is -5.56. The smallest absolute Gasteiger partial charge is 0.330 e. The molecule has 8 nitrogen and oxygen atoms in total. The third kappa shape index (κ3) is 6.92. The van der Waals surface area contributed by atoms with Gasteiger partial charge in [-0.2, -0.15) is 18.2 Å². The van der Waals surface area contributed by atoms with E-state index in [9.17, 15) is 27.6 Å². The Morgan fingerprint density at radius 3 is 2.18 bits per heavy atom. The molecule has 0 radical (unpaired) electrons. The van der Waals surface area contributed by atoms with Crippen LogP contribution in [-0.4, -0.2) is 54.2 Å². The van der Waals surface area contributed by atoms with Crippen molar-refractivity contribution < 1.29 is 32.4 Å². The van der Waals surface area contributed by atoms with Gasteiger partial charge in [-0.25, -0.2) is 4.79 Å². The van der Waals surface area contributed by atoms with Gasteiger partial charge in [0.2, 0.25) is 0 Å². The lowest BCUT2D eigenvalue weighted by Gasteiger charge is -2.41. The van der Waals surface area contributed by atoms with Crippen LogP contribution in [0.3, 0.4) is 0 Å². The molecule has 39 heavy (non-hydrogen) atoms. The second kappa shape index (κ2) is 12.3. The van der Waals surface area contributed by atoms with Crippen LogP contribution in [0.1, 0.15) is 25.3 Å². The molecule has 0 saturated heterocycles. The number of carbonyl (C=O) groups is 3. The van der Waals surface area contributed by atoms with E-state index < -0.39 is 35.5 Å². The lowest BCUT2D eigenvalue weighted by atomic mass is 9.91. The van der Waals surface area contributed by atoms with Gasteiger partial charge in [0, 0.05) is 12.7 Å². The van der Waals surface area contributed by atoms with E-state index in [1.165, 1.54) is 18.9 Å². The number of hydroxylamine groups is 2. The Kier molecular flexibility index (Phi) is 9.31. The van der Waals surface area contributed by atoms with Crippen molar-refractivity contribution in [3.8, 4) is 0 Å². The molecule has 0 aliphatic rings. The van der Waals surface area contributed by atoms with E-state index in [1.54, 1.807) is 48.5 Å². The fourth-order valence-corrected chi connectivity index (χ4v) is 4.24. The van der Waals surface area contributed by atoms with Crippen molar-refractivity contribution >= 4 is 34.2 Å². The van der Waals surface area contributed by atoms with Crippen molar-refractivity contribution in [3.05, 3.63) is 78.4 Å². The van der Waals surface area contributed by atoms with Crippen molar-refractivity contribution in [1.29, 1.82) is 0 Å². The van der Waals surface area contributed by atoms with Crippen molar-refractivity contribution in [1.82, 2.24) is 5.06 Å². The van der Waals surface area contributed by atoms with Crippen LogP contribution in [0.4, 0.5) is 18.9 Å². The molecule has 0 fully saturated rings. The first-order chi connectivity index (χ1) is 18.4. The zero-order chi connectivity index (χ0) is 28.8. The van der Waals surface area contributed by atoms with E-state index in [2.05, 4.69) is 4.84 Å². The maximum absolute atomic E-state index is 13.9. The number of fused-ring (bicyclic) bond motifs is 1. The van der Waals surface area contributed by atoms with Gasteiger partial charge in [-0.3, -0.25) is 9.59 Å². The summed E-state index contributed by atoms with van der Waals surface area (Å²) in [6, 6.07) is 19.7. The first-order valence-electron chi connectivity index (χ1n) is 12.3. The highest BCUT2D eigenvalue weighted by Gasteiger charge is 2.51. The van der Waals surface area contributed by atoms with E-state index >= 15 is 0 Å². The molecule has 0 heterocycles. The highest BCUT2D eigenvalue weighted by Crippen LogP contribution is 2.31. The average Bonchev–Trinajstić information content (AvgIpc) is 2.93. The molecule has 0 unspecified atom stereocenters. The van der Waals surface area contributed by atoms with E-state index in [0.29, 0.717) is 11.3 Å². The van der Waals surface area contributed by atoms with Gasteiger partial charge >= 0.3 is 12.1 Å². The van der Waals surface area contributed by atoms with E-state index in [-0.39, 0.29) is 30.9 Å². The quantitative estimate of drug-likeness (QED) is 0.397. The van der Waals surface area contributed by atoms with Crippen molar-refractivity contribution in [2.24, 2.45) is 11.5 Å². The third-order valence-corrected chi connectivity index (χ3v) is 6.42. The minimum absolute atomic E-state index is 0.0634. The predicted octanol–water partition coefficient (Wildman–Crippen LogP) is 3.72. The van der Waals surface area contributed by atoms with Gasteiger partial charge in [0.15, 0.2) is 5.54 Å². The fraction of sp³-hybridized carbons (Fsp3) is 0.321. The number of halogens is 3. The van der Waals surface area contributed by atoms with Crippen LogP contribution in [0.15, 0.2) is 72.8 Å². The SMILES string of the molecule is CN(C(=O)[C@](C)(CCCN)N(OC(=O)C(F)(F)F)C(=O)[C@@H](N)Cc1ccccc1)c1ccc2ccccc2c1. The van der Waals surface area contributed by atoms with Crippen molar-refractivity contribution in [3.63, 3.8) is 0 Å². The number of carbonyl (C=O) groups excluding carboxylic acids is 3. The van der Waals surface area contributed by atoms with E-state index in [4.69, 9.17) is 11.5 Å². The Hall–Kier alpha value is -3.96. The number of anilines is 1. The molecule has 0 spiro atoms. The topological polar surface area (TPSA) is 119 Å². The molecule has 0 aliphatic heterocycles. The second-order valence-electron chi connectivity index (χ2n) is 9.37. The monoisotopic (exact) mass is 544 g/mol. The van der Waals surface area contributed by atoms with Gasteiger partial charge < -0.3 is 21.2 Å². The summed E-state index contributed by atoms with van der Waals surface area (Å²) >= 11 is 0. The summed E-state index contributed by atoms with van der Waals surface area (Å²) in [5.41, 5.74) is 10.7. The fourth-order valence-electron chi connectivity index (χ4n) is 4.24. The normalized spacial score (nSPS) is 13.8. The Bertz CT molecular complexity index is 1320. The summed E-state index contributed by atoms with van der Waals surface area (Å²) in [7, 11) is 1.42. The number of rotatable bonds is 9. The molecule has 3 aromatic carbocycles. The lowest BCUT2D eigenvalue weighted by Crippen LogP contribution is -2.63. The first-order valence-corrected chi connectivity index (χ1v) is 12.3. The summed E-state index contributed by atoms with van der Waals surface area (Å²) in [5.74, 6) is -4.60. The van der Waals surface area contributed by atoms with Crippen LogP contribution in [-0.2, 0) is 25.6 Å². The molecule has 208 valence electrons. The number of hydrogen-bond donors (Lipinski definition) is 2. The van der Waals surface area contributed by atoms with E-state index in [0.717, 1.165) is 10.8 Å². The predicted molar refractivity (Wildman–Crippen MR) is 141 cm³/mol. The van der Waals surface area contributed by atoms with Crippen LogP contribution in [0.2, 0.25) is 0 Å². The van der Waals surface area contributed by atoms with Gasteiger partial charge in [0.1, 0.15) is 0 Å². The second-order valence-corrected chi connectivity index (χ2v) is 9.37. The van der Waals surface area contributed by atoms with Crippen molar-refractivity contribution in [2.75, 3.05) is 18.5 Å². The van der Waals surface area contributed by atoms with Gasteiger partial charge in [0.05, 0.1) is 6.04 Å². The lowest BCUT2D eigenvalue weighted by molar-refractivity contribution is -0.252. The molecule has 3 aromatic rings. The average molecular weight is 545 g/mol. The maximum atomic E-state index is 13.9. The summed E-state index contributed by atoms with van der Waals surface area (Å²) in [6.45, 7) is 1.30. The Morgan fingerprint density at radius 1 is 0.949 bits per heavy atom. The number of alkyl halides is 3. The number of nitrogens with zero attached hydrogens (tertiary/aromatic N) is 2. The Balaban J connectivity index is 2.03. The van der Waals surface area contributed by atoms with E-state index in [1.807, 2.05) is 24.3 Å². The molecule has 0 aliphatic carbocycles. The standard InChI is InChI=1S/C28H31F3N4O4/c1-27(15-8-16-32,25(37)34(2)22-14-13-20-11-6-7-12-21(20)18-22)35(39-26(38)28(29,30)31)24(36)23(33)17-19-9-4-3-5-10-19/h3-7,9-14,18,23H,8,15-17,32-33H2,1-2H3/t23-,27-/m0/s1. The molecule has 11 heteroatoms. The first kappa shape index (κ1) is 29.6. The van der Waals surface area contributed by atoms with Gasteiger partial charge in [-0.05, 0) is 61.2 Å². The summed E-state index contributed by atoms with van der Waals surface area (Å²) in [5, 5.41) is 1.92. The molecule has 0 bridgehead atoms.